The van der Waals surface area contributed by atoms with Gasteiger partial charge in [-0.05, 0) is 68.9 Å². The SMILES string of the molecule is C=C(C)CC1(CN)CCN(Cc2ccc(OC)cc2)CC1. The minimum atomic E-state index is 0.280. The lowest BCUT2D eigenvalue weighted by Crippen LogP contribution is -2.43. The molecule has 2 N–H and O–H groups in total. The minimum absolute atomic E-state index is 0.280. The molecule has 0 spiro atoms. The molecule has 21 heavy (non-hydrogen) atoms. The van der Waals surface area contributed by atoms with Crippen LogP contribution in [0.2, 0.25) is 0 Å². The predicted octanol–water partition coefficient (Wildman–Crippen LogP) is 3.20. The average molecular weight is 288 g/mol. The molecule has 3 nitrogen and oxygen atoms in total. The summed E-state index contributed by atoms with van der Waals surface area (Å²) in [5, 5.41) is 0. The lowest BCUT2D eigenvalue weighted by Gasteiger charge is -2.41. The molecule has 1 heterocycles. The molecule has 1 aliphatic heterocycles. The van der Waals surface area contributed by atoms with Crippen molar-refractivity contribution in [1.82, 2.24) is 4.90 Å². The van der Waals surface area contributed by atoms with E-state index in [-0.39, 0.29) is 5.41 Å². The third kappa shape index (κ3) is 4.32. The van der Waals surface area contributed by atoms with Crippen LogP contribution in [-0.4, -0.2) is 31.6 Å². The number of piperidine rings is 1. The number of hydrogen-bond donors (Lipinski definition) is 1. The van der Waals surface area contributed by atoms with Gasteiger partial charge in [0.25, 0.3) is 0 Å². The van der Waals surface area contributed by atoms with E-state index in [9.17, 15) is 0 Å². The van der Waals surface area contributed by atoms with E-state index in [2.05, 4.69) is 30.5 Å². The van der Waals surface area contributed by atoms with Gasteiger partial charge in [-0.25, -0.2) is 0 Å². The van der Waals surface area contributed by atoms with Gasteiger partial charge in [0.05, 0.1) is 7.11 Å². The molecule has 0 saturated carbocycles. The van der Waals surface area contributed by atoms with Gasteiger partial charge in [-0.3, -0.25) is 4.90 Å². The second-order valence-electron chi connectivity index (χ2n) is 6.46. The first kappa shape index (κ1) is 16.1. The van der Waals surface area contributed by atoms with Crippen LogP contribution >= 0.6 is 0 Å². The van der Waals surface area contributed by atoms with Gasteiger partial charge in [-0.1, -0.05) is 17.7 Å². The molecular weight excluding hydrogens is 260 g/mol. The Balaban J connectivity index is 1.89. The molecule has 1 aromatic rings. The average Bonchev–Trinajstić information content (AvgIpc) is 2.50. The van der Waals surface area contributed by atoms with E-state index in [1.807, 2.05) is 12.1 Å². The van der Waals surface area contributed by atoms with E-state index in [1.54, 1.807) is 7.11 Å². The van der Waals surface area contributed by atoms with Crippen molar-refractivity contribution in [2.24, 2.45) is 11.1 Å². The lowest BCUT2D eigenvalue weighted by atomic mass is 9.74. The van der Waals surface area contributed by atoms with Crippen LogP contribution in [0, 0.1) is 5.41 Å². The normalized spacial score (nSPS) is 18.4. The van der Waals surface area contributed by atoms with E-state index >= 15 is 0 Å². The Morgan fingerprint density at radius 3 is 2.38 bits per heavy atom. The fourth-order valence-electron chi connectivity index (χ4n) is 3.27. The highest BCUT2D eigenvalue weighted by molar-refractivity contribution is 5.27. The van der Waals surface area contributed by atoms with Crippen LogP contribution in [0.3, 0.4) is 0 Å². The third-order valence-corrected chi connectivity index (χ3v) is 4.59. The van der Waals surface area contributed by atoms with Gasteiger partial charge in [0.2, 0.25) is 0 Å². The molecule has 3 heteroatoms. The first-order chi connectivity index (χ1) is 10.1. The molecule has 1 aliphatic rings. The second kappa shape index (κ2) is 7.10. The summed E-state index contributed by atoms with van der Waals surface area (Å²) in [7, 11) is 1.70. The lowest BCUT2D eigenvalue weighted by molar-refractivity contribution is 0.104. The zero-order valence-corrected chi connectivity index (χ0v) is 13.4. The first-order valence-corrected chi connectivity index (χ1v) is 7.77. The number of nitrogens with two attached hydrogens (primary N) is 1. The van der Waals surface area contributed by atoms with Gasteiger partial charge in [0.1, 0.15) is 5.75 Å². The molecule has 2 rings (SSSR count). The van der Waals surface area contributed by atoms with Crippen molar-refractivity contribution >= 4 is 0 Å². The maximum atomic E-state index is 6.04. The van der Waals surface area contributed by atoms with Gasteiger partial charge < -0.3 is 10.5 Å². The molecule has 0 atom stereocenters. The predicted molar refractivity (Wildman–Crippen MR) is 88.4 cm³/mol. The van der Waals surface area contributed by atoms with Crippen molar-refractivity contribution in [2.75, 3.05) is 26.7 Å². The Morgan fingerprint density at radius 1 is 1.29 bits per heavy atom. The molecule has 116 valence electrons. The summed E-state index contributed by atoms with van der Waals surface area (Å²) in [4.78, 5) is 2.52. The van der Waals surface area contributed by atoms with Gasteiger partial charge in [0.15, 0.2) is 0 Å². The van der Waals surface area contributed by atoms with Crippen LogP contribution in [0.25, 0.3) is 0 Å². The third-order valence-electron chi connectivity index (χ3n) is 4.59. The smallest absolute Gasteiger partial charge is 0.118 e. The molecule has 0 aliphatic carbocycles. The number of likely N-dealkylation sites (tertiary alicyclic amines) is 1. The molecule has 0 aromatic heterocycles. The molecule has 0 amide bonds. The molecule has 0 radical (unpaired) electrons. The van der Waals surface area contributed by atoms with Crippen molar-refractivity contribution in [1.29, 1.82) is 0 Å². The van der Waals surface area contributed by atoms with Gasteiger partial charge >= 0.3 is 0 Å². The monoisotopic (exact) mass is 288 g/mol. The highest BCUT2D eigenvalue weighted by atomic mass is 16.5. The summed E-state index contributed by atoms with van der Waals surface area (Å²) < 4.78 is 5.20. The highest BCUT2D eigenvalue weighted by Gasteiger charge is 2.33. The van der Waals surface area contributed by atoms with Crippen molar-refractivity contribution in [2.45, 2.75) is 32.7 Å². The summed E-state index contributed by atoms with van der Waals surface area (Å²) in [5.74, 6) is 0.918. The second-order valence-corrected chi connectivity index (χ2v) is 6.46. The maximum Gasteiger partial charge on any atom is 0.118 e. The molecule has 1 saturated heterocycles. The first-order valence-electron chi connectivity index (χ1n) is 7.77. The molecular formula is C18H28N2O. The fourth-order valence-corrected chi connectivity index (χ4v) is 3.27. The number of hydrogen-bond acceptors (Lipinski definition) is 3. The molecule has 1 fully saturated rings. The number of methoxy groups -OCH3 is 1. The molecule has 0 bridgehead atoms. The van der Waals surface area contributed by atoms with Crippen LogP contribution in [0.5, 0.6) is 5.75 Å². The van der Waals surface area contributed by atoms with E-state index < -0.39 is 0 Å². The summed E-state index contributed by atoms with van der Waals surface area (Å²) in [5.41, 5.74) is 8.92. The van der Waals surface area contributed by atoms with Crippen LogP contribution in [0.15, 0.2) is 36.4 Å². The van der Waals surface area contributed by atoms with Gasteiger partial charge in [-0.15, -0.1) is 6.58 Å². The minimum Gasteiger partial charge on any atom is -0.497 e. The number of benzene rings is 1. The van der Waals surface area contributed by atoms with Crippen molar-refractivity contribution in [3.63, 3.8) is 0 Å². The van der Waals surface area contributed by atoms with Gasteiger partial charge in [0, 0.05) is 6.54 Å². The zero-order valence-electron chi connectivity index (χ0n) is 13.4. The van der Waals surface area contributed by atoms with Crippen LogP contribution < -0.4 is 10.5 Å². The summed E-state index contributed by atoms with van der Waals surface area (Å²) in [6.07, 6.45) is 3.42. The van der Waals surface area contributed by atoms with Crippen LogP contribution in [-0.2, 0) is 6.54 Å². The summed E-state index contributed by atoms with van der Waals surface area (Å²) in [6.45, 7) is 10.2. The Kier molecular flexibility index (Phi) is 5.43. The quantitative estimate of drug-likeness (QED) is 0.817. The zero-order chi connectivity index (χ0) is 15.3. The molecule has 1 aromatic carbocycles. The fraction of sp³-hybridized carbons (Fsp3) is 0.556. The van der Waals surface area contributed by atoms with Gasteiger partial charge in [-0.2, -0.15) is 0 Å². The summed E-state index contributed by atoms with van der Waals surface area (Å²) in [6, 6.07) is 8.37. The topological polar surface area (TPSA) is 38.5 Å². The van der Waals surface area contributed by atoms with Crippen LogP contribution in [0.1, 0.15) is 31.7 Å². The van der Waals surface area contributed by atoms with E-state index in [0.29, 0.717) is 0 Å². The van der Waals surface area contributed by atoms with Crippen molar-refractivity contribution < 1.29 is 4.74 Å². The number of ether oxygens (including phenoxy) is 1. The van der Waals surface area contributed by atoms with Crippen molar-refractivity contribution in [3.8, 4) is 5.75 Å². The van der Waals surface area contributed by atoms with Crippen LogP contribution in [0.4, 0.5) is 0 Å². The Hall–Kier alpha value is -1.32. The van der Waals surface area contributed by atoms with E-state index in [0.717, 1.165) is 38.3 Å². The largest absolute Gasteiger partial charge is 0.497 e. The number of rotatable bonds is 6. The van der Waals surface area contributed by atoms with E-state index in [1.165, 1.54) is 24.0 Å². The standard InChI is InChI=1S/C18H28N2O/c1-15(2)12-18(14-19)8-10-20(11-9-18)13-16-4-6-17(21-3)7-5-16/h4-7H,1,8-14,19H2,2-3H3. The highest BCUT2D eigenvalue weighted by Crippen LogP contribution is 2.36. The molecule has 0 unspecified atom stereocenters. The van der Waals surface area contributed by atoms with E-state index in [4.69, 9.17) is 10.5 Å². The Morgan fingerprint density at radius 2 is 1.90 bits per heavy atom. The Labute approximate surface area is 128 Å². The summed E-state index contributed by atoms with van der Waals surface area (Å²) >= 11 is 0. The van der Waals surface area contributed by atoms with Crippen molar-refractivity contribution in [3.05, 3.63) is 42.0 Å². The maximum absolute atomic E-state index is 6.04. The number of allylic oxidation sites excluding steroid dienone is 1. The Bertz CT molecular complexity index is 459. The number of nitrogens with zero attached hydrogens (tertiary/aromatic N) is 1.